The average Bonchev–Trinajstić information content (AvgIpc) is 2.37. The lowest BCUT2D eigenvalue weighted by Gasteiger charge is -2.22. The average molecular weight is 179 g/mol. The van der Waals surface area contributed by atoms with Crippen molar-refractivity contribution in [1.82, 2.24) is 0 Å². The van der Waals surface area contributed by atoms with Gasteiger partial charge in [-0.05, 0) is 13.3 Å². The van der Waals surface area contributed by atoms with E-state index in [0.29, 0.717) is 13.2 Å². The van der Waals surface area contributed by atoms with Crippen LogP contribution >= 0.6 is 11.6 Å². The Labute approximate surface area is 70.3 Å². The Morgan fingerprint density at radius 2 is 2.45 bits per heavy atom. The van der Waals surface area contributed by atoms with E-state index in [1.165, 1.54) is 6.92 Å². The summed E-state index contributed by atoms with van der Waals surface area (Å²) < 4.78 is 5.05. The smallest absolute Gasteiger partial charge is 0.324 e. The van der Waals surface area contributed by atoms with Crippen LogP contribution in [-0.4, -0.2) is 29.2 Å². The van der Waals surface area contributed by atoms with Crippen LogP contribution in [0.1, 0.15) is 13.3 Å². The molecule has 0 aromatic carbocycles. The predicted molar refractivity (Wildman–Crippen MR) is 40.8 cm³/mol. The van der Waals surface area contributed by atoms with Crippen LogP contribution < -0.4 is 0 Å². The molecule has 1 N–H and O–H groups in total. The molecule has 4 heteroatoms. The van der Waals surface area contributed by atoms with Crippen LogP contribution in [0.25, 0.3) is 0 Å². The van der Waals surface area contributed by atoms with E-state index in [1.807, 2.05) is 0 Å². The molecule has 0 aromatic heterocycles. The fraction of sp³-hybridized carbons (Fsp3) is 0.857. The third-order valence-electron chi connectivity index (χ3n) is 2.11. The van der Waals surface area contributed by atoms with Gasteiger partial charge in [0.05, 0.1) is 6.61 Å². The molecular formula is C7H11ClO3. The molecule has 0 aromatic rings. The minimum Gasteiger partial charge on any atom is -0.480 e. The molecule has 1 aliphatic heterocycles. The van der Waals surface area contributed by atoms with Gasteiger partial charge in [0.1, 0.15) is 4.87 Å². The van der Waals surface area contributed by atoms with Crippen molar-refractivity contribution >= 4 is 17.6 Å². The molecule has 0 saturated carbocycles. The first-order valence-corrected chi connectivity index (χ1v) is 3.93. The second-order valence-corrected chi connectivity index (χ2v) is 3.73. The summed E-state index contributed by atoms with van der Waals surface area (Å²) in [6, 6.07) is 0. The molecule has 3 nitrogen and oxygen atoms in total. The monoisotopic (exact) mass is 178 g/mol. The Morgan fingerprint density at radius 3 is 2.82 bits per heavy atom. The zero-order valence-electron chi connectivity index (χ0n) is 6.34. The number of carbonyl (C=O) groups is 1. The summed E-state index contributed by atoms with van der Waals surface area (Å²) in [5.41, 5.74) is 0. The van der Waals surface area contributed by atoms with Gasteiger partial charge in [-0.1, -0.05) is 0 Å². The summed E-state index contributed by atoms with van der Waals surface area (Å²) in [7, 11) is 0. The van der Waals surface area contributed by atoms with Crippen molar-refractivity contribution in [3.8, 4) is 0 Å². The number of alkyl halides is 1. The maximum Gasteiger partial charge on any atom is 0.324 e. The van der Waals surface area contributed by atoms with Crippen molar-refractivity contribution in [3.05, 3.63) is 0 Å². The number of halogens is 1. The Kier molecular flexibility index (Phi) is 2.40. The molecule has 0 radical (unpaired) electrons. The molecule has 1 fully saturated rings. The topological polar surface area (TPSA) is 46.5 Å². The molecule has 1 saturated heterocycles. The van der Waals surface area contributed by atoms with Crippen molar-refractivity contribution < 1.29 is 14.6 Å². The molecule has 0 spiro atoms. The van der Waals surface area contributed by atoms with Gasteiger partial charge in [0, 0.05) is 12.5 Å². The van der Waals surface area contributed by atoms with Crippen molar-refractivity contribution in [2.24, 2.45) is 5.92 Å². The quantitative estimate of drug-likeness (QED) is 0.645. The molecular weight excluding hydrogens is 168 g/mol. The summed E-state index contributed by atoms with van der Waals surface area (Å²) in [5, 5.41) is 8.71. The standard InChI is InChI=1S/C7H11ClO3/c1-7(8,6(9)10)5-2-3-11-4-5/h5H,2-4H2,1H3,(H,9,10). The molecule has 2 atom stereocenters. The number of rotatable bonds is 2. The van der Waals surface area contributed by atoms with E-state index >= 15 is 0 Å². The third-order valence-corrected chi connectivity index (χ3v) is 2.58. The van der Waals surface area contributed by atoms with Crippen molar-refractivity contribution in [1.29, 1.82) is 0 Å². The first-order valence-electron chi connectivity index (χ1n) is 3.55. The Bertz CT molecular complexity index is 161. The highest BCUT2D eigenvalue weighted by Crippen LogP contribution is 2.31. The van der Waals surface area contributed by atoms with E-state index in [0.717, 1.165) is 6.42 Å². The third kappa shape index (κ3) is 1.65. The normalized spacial score (nSPS) is 29.8. The fourth-order valence-corrected chi connectivity index (χ4v) is 1.31. The molecule has 0 aliphatic carbocycles. The van der Waals surface area contributed by atoms with Gasteiger partial charge < -0.3 is 9.84 Å². The predicted octanol–water partition coefficient (Wildman–Crippen LogP) is 1.10. The maximum absolute atomic E-state index is 10.6. The molecule has 11 heavy (non-hydrogen) atoms. The van der Waals surface area contributed by atoms with E-state index in [-0.39, 0.29) is 5.92 Å². The van der Waals surface area contributed by atoms with E-state index in [2.05, 4.69) is 0 Å². The maximum atomic E-state index is 10.6. The molecule has 1 rings (SSSR count). The van der Waals surface area contributed by atoms with Crippen molar-refractivity contribution in [2.75, 3.05) is 13.2 Å². The van der Waals surface area contributed by atoms with Gasteiger partial charge in [-0.15, -0.1) is 11.6 Å². The van der Waals surface area contributed by atoms with Gasteiger partial charge >= 0.3 is 5.97 Å². The van der Waals surface area contributed by atoms with Crippen LogP contribution in [0.15, 0.2) is 0 Å². The number of ether oxygens (including phenoxy) is 1. The Morgan fingerprint density at radius 1 is 1.82 bits per heavy atom. The van der Waals surface area contributed by atoms with Gasteiger partial charge in [-0.25, -0.2) is 0 Å². The summed E-state index contributed by atoms with van der Waals surface area (Å²) in [5.74, 6) is -1.02. The van der Waals surface area contributed by atoms with Gasteiger partial charge in [0.25, 0.3) is 0 Å². The molecule has 2 unspecified atom stereocenters. The van der Waals surface area contributed by atoms with Crippen LogP contribution in [0, 0.1) is 5.92 Å². The molecule has 1 aliphatic rings. The van der Waals surface area contributed by atoms with Crippen LogP contribution in [0.3, 0.4) is 0 Å². The lowest BCUT2D eigenvalue weighted by Crippen LogP contribution is -2.37. The van der Waals surface area contributed by atoms with Gasteiger partial charge in [-0.3, -0.25) is 4.79 Å². The number of carboxylic acids is 1. The highest BCUT2D eigenvalue weighted by molar-refractivity contribution is 6.33. The second kappa shape index (κ2) is 2.99. The summed E-state index contributed by atoms with van der Waals surface area (Å²) >= 11 is 5.80. The molecule has 0 amide bonds. The Hall–Kier alpha value is -0.280. The summed E-state index contributed by atoms with van der Waals surface area (Å²) in [6.45, 7) is 2.61. The van der Waals surface area contributed by atoms with Crippen LogP contribution in [0.5, 0.6) is 0 Å². The molecule has 0 bridgehead atoms. The number of carboxylic acid groups (broad SMARTS) is 1. The van der Waals surface area contributed by atoms with Crippen LogP contribution in [0.4, 0.5) is 0 Å². The lowest BCUT2D eigenvalue weighted by molar-refractivity contribution is -0.141. The molecule has 64 valence electrons. The molecule has 1 heterocycles. The van der Waals surface area contributed by atoms with Crippen molar-refractivity contribution in [3.63, 3.8) is 0 Å². The van der Waals surface area contributed by atoms with Crippen LogP contribution in [0.2, 0.25) is 0 Å². The van der Waals surface area contributed by atoms with E-state index in [4.69, 9.17) is 21.4 Å². The highest BCUT2D eigenvalue weighted by atomic mass is 35.5. The zero-order chi connectivity index (χ0) is 8.48. The van der Waals surface area contributed by atoms with E-state index < -0.39 is 10.8 Å². The largest absolute Gasteiger partial charge is 0.480 e. The number of aliphatic carboxylic acids is 1. The first kappa shape index (κ1) is 8.81. The minimum absolute atomic E-state index is 0.0540. The van der Waals surface area contributed by atoms with Gasteiger partial charge in [-0.2, -0.15) is 0 Å². The fourth-order valence-electron chi connectivity index (χ4n) is 1.14. The summed E-state index contributed by atoms with van der Waals surface area (Å²) in [4.78, 5) is 9.46. The van der Waals surface area contributed by atoms with Gasteiger partial charge in [0.2, 0.25) is 0 Å². The van der Waals surface area contributed by atoms with Crippen LogP contribution in [-0.2, 0) is 9.53 Å². The van der Waals surface area contributed by atoms with Gasteiger partial charge in [0.15, 0.2) is 0 Å². The summed E-state index contributed by atoms with van der Waals surface area (Å²) in [6.07, 6.45) is 0.742. The highest BCUT2D eigenvalue weighted by Gasteiger charge is 2.41. The number of hydrogen-bond donors (Lipinski definition) is 1. The first-order chi connectivity index (χ1) is 5.05. The van der Waals surface area contributed by atoms with E-state index in [9.17, 15) is 4.79 Å². The van der Waals surface area contributed by atoms with E-state index in [1.54, 1.807) is 0 Å². The van der Waals surface area contributed by atoms with Crippen molar-refractivity contribution in [2.45, 2.75) is 18.2 Å². The zero-order valence-corrected chi connectivity index (χ0v) is 7.10. The second-order valence-electron chi connectivity index (χ2n) is 2.94. The minimum atomic E-state index is -1.16. The SMILES string of the molecule is CC(Cl)(C(=O)O)C1CCOC1. The number of hydrogen-bond acceptors (Lipinski definition) is 2. The Balaban J connectivity index is 2.62. The lowest BCUT2D eigenvalue weighted by atomic mass is 9.93.